The number of nitrogens with two attached hydrogens (primary N) is 1. The molecule has 18 heavy (non-hydrogen) atoms. The van der Waals surface area contributed by atoms with Gasteiger partial charge in [-0.1, -0.05) is 0 Å². The molecule has 0 aliphatic heterocycles. The molecule has 0 bridgehead atoms. The standard InChI is InChI=1S/C9H12FN3O4S/c1-6-4-7(10)8(13(14)15)5-9(6)18(16,17)12-3-2-11/h4-5,12H,2-3,11H2,1H3. The fraction of sp³-hybridized carbons (Fsp3) is 0.333. The van der Waals surface area contributed by atoms with Crippen LogP contribution in [-0.4, -0.2) is 26.4 Å². The van der Waals surface area contributed by atoms with Gasteiger partial charge >= 0.3 is 5.69 Å². The Kier molecular flexibility index (Phi) is 4.33. The van der Waals surface area contributed by atoms with Gasteiger partial charge in [0.2, 0.25) is 15.8 Å². The Morgan fingerprint density at radius 1 is 1.50 bits per heavy atom. The lowest BCUT2D eigenvalue weighted by molar-refractivity contribution is -0.387. The van der Waals surface area contributed by atoms with Gasteiger partial charge in [-0.2, -0.15) is 4.39 Å². The Bertz CT molecular complexity index is 573. The molecule has 0 saturated heterocycles. The number of sulfonamides is 1. The van der Waals surface area contributed by atoms with E-state index in [1.807, 2.05) is 0 Å². The van der Waals surface area contributed by atoms with Gasteiger partial charge in [0, 0.05) is 19.2 Å². The summed E-state index contributed by atoms with van der Waals surface area (Å²) in [6.45, 7) is 1.43. The van der Waals surface area contributed by atoms with E-state index in [-0.39, 0.29) is 23.5 Å². The molecule has 0 aromatic heterocycles. The summed E-state index contributed by atoms with van der Waals surface area (Å²) in [4.78, 5) is 9.25. The van der Waals surface area contributed by atoms with Crippen LogP contribution < -0.4 is 10.5 Å². The number of hydrogen-bond donors (Lipinski definition) is 2. The van der Waals surface area contributed by atoms with E-state index in [0.717, 1.165) is 6.07 Å². The second-order valence-corrected chi connectivity index (χ2v) is 5.25. The summed E-state index contributed by atoms with van der Waals surface area (Å²) in [6, 6.07) is 1.51. The van der Waals surface area contributed by atoms with Crippen LogP contribution in [0.5, 0.6) is 0 Å². The van der Waals surface area contributed by atoms with Gasteiger partial charge in [0.15, 0.2) is 0 Å². The van der Waals surface area contributed by atoms with E-state index >= 15 is 0 Å². The van der Waals surface area contributed by atoms with E-state index < -0.39 is 26.5 Å². The average molecular weight is 277 g/mol. The lowest BCUT2D eigenvalue weighted by Gasteiger charge is -2.08. The smallest absolute Gasteiger partial charge is 0.306 e. The fourth-order valence-electron chi connectivity index (χ4n) is 1.34. The van der Waals surface area contributed by atoms with Crippen LogP contribution in [0.2, 0.25) is 0 Å². The van der Waals surface area contributed by atoms with Gasteiger partial charge in [0.1, 0.15) is 0 Å². The maximum absolute atomic E-state index is 13.2. The minimum Gasteiger partial charge on any atom is -0.329 e. The van der Waals surface area contributed by atoms with E-state index in [0.29, 0.717) is 6.07 Å². The summed E-state index contributed by atoms with van der Waals surface area (Å²) in [6.07, 6.45) is 0. The van der Waals surface area contributed by atoms with Gasteiger partial charge < -0.3 is 5.73 Å². The Hall–Kier alpha value is -1.58. The highest BCUT2D eigenvalue weighted by Crippen LogP contribution is 2.24. The first-order chi connectivity index (χ1) is 8.29. The number of rotatable bonds is 5. The van der Waals surface area contributed by atoms with Crippen molar-refractivity contribution in [3.05, 3.63) is 33.6 Å². The maximum Gasteiger partial charge on any atom is 0.306 e. The number of nitrogens with zero attached hydrogens (tertiary/aromatic N) is 1. The Labute approximate surface area is 103 Å². The number of nitro benzene ring substituents is 1. The highest BCUT2D eigenvalue weighted by molar-refractivity contribution is 7.89. The average Bonchev–Trinajstić information content (AvgIpc) is 2.25. The summed E-state index contributed by atoms with van der Waals surface area (Å²) in [5, 5.41) is 10.6. The third-order valence-electron chi connectivity index (χ3n) is 2.17. The number of aryl methyl sites for hydroxylation is 1. The Morgan fingerprint density at radius 3 is 2.61 bits per heavy atom. The van der Waals surface area contributed by atoms with Gasteiger partial charge in [0.05, 0.1) is 9.82 Å². The third kappa shape index (κ3) is 3.00. The maximum atomic E-state index is 13.2. The quantitative estimate of drug-likeness (QED) is 0.592. The summed E-state index contributed by atoms with van der Waals surface area (Å²) in [5.74, 6) is -1.07. The molecule has 7 nitrogen and oxygen atoms in total. The topological polar surface area (TPSA) is 115 Å². The monoisotopic (exact) mass is 277 g/mol. The van der Waals surface area contributed by atoms with Crippen molar-refractivity contribution in [1.82, 2.24) is 4.72 Å². The zero-order valence-corrected chi connectivity index (χ0v) is 10.3. The van der Waals surface area contributed by atoms with Crippen molar-refractivity contribution in [3.63, 3.8) is 0 Å². The molecule has 0 heterocycles. The predicted molar refractivity (Wildman–Crippen MR) is 62.0 cm³/mol. The number of nitro groups is 1. The molecule has 9 heteroatoms. The van der Waals surface area contributed by atoms with Gasteiger partial charge in [-0.05, 0) is 18.6 Å². The number of benzene rings is 1. The molecule has 0 fully saturated rings. The van der Waals surface area contributed by atoms with Gasteiger partial charge in [-0.25, -0.2) is 13.1 Å². The van der Waals surface area contributed by atoms with Crippen molar-refractivity contribution in [3.8, 4) is 0 Å². The van der Waals surface area contributed by atoms with Crippen molar-refractivity contribution >= 4 is 15.7 Å². The first-order valence-electron chi connectivity index (χ1n) is 4.94. The summed E-state index contributed by atoms with van der Waals surface area (Å²) in [7, 11) is -3.93. The second-order valence-electron chi connectivity index (χ2n) is 3.51. The van der Waals surface area contributed by atoms with Crippen LogP contribution in [0, 0.1) is 22.9 Å². The van der Waals surface area contributed by atoms with E-state index in [4.69, 9.17) is 5.73 Å². The lowest BCUT2D eigenvalue weighted by Crippen LogP contribution is -2.29. The summed E-state index contributed by atoms with van der Waals surface area (Å²) in [5.41, 5.74) is 4.36. The van der Waals surface area contributed by atoms with Crippen LogP contribution >= 0.6 is 0 Å². The largest absolute Gasteiger partial charge is 0.329 e. The molecule has 0 saturated carbocycles. The van der Waals surface area contributed by atoms with Crippen molar-refractivity contribution in [2.24, 2.45) is 5.73 Å². The van der Waals surface area contributed by atoms with Crippen LogP contribution in [0.25, 0.3) is 0 Å². The molecule has 0 radical (unpaired) electrons. The summed E-state index contributed by atoms with van der Waals surface area (Å²) < 4.78 is 39.0. The summed E-state index contributed by atoms with van der Waals surface area (Å²) >= 11 is 0. The normalized spacial score (nSPS) is 11.5. The predicted octanol–water partition coefficient (Wildman–Crippen LogP) is 0.279. The molecule has 0 unspecified atom stereocenters. The van der Waals surface area contributed by atoms with Crippen LogP contribution in [0.1, 0.15) is 5.56 Å². The zero-order chi connectivity index (χ0) is 13.9. The van der Waals surface area contributed by atoms with Gasteiger partial charge in [0.25, 0.3) is 0 Å². The van der Waals surface area contributed by atoms with E-state index in [1.54, 1.807) is 0 Å². The molecule has 3 N–H and O–H groups in total. The molecule has 0 amide bonds. The van der Waals surface area contributed by atoms with Crippen molar-refractivity contribution in [2.75, 3.05) is 13.1 Å². The van der Waals surface area contributed by atoms with E-state index in [1.165, 1.54) is 6.92 Å². The van der Waals surface area contributed by atoms with Crippen molar-refractivity contribution in [1.29, 1.82) is 0 Å². The van der Waals surface area contributed by atoms with Crippen LogP contribution in [0.15, 0.2) is 17.0 Å². The zero-order valence-electron chi connectivity index (χ0n) is 9.51. The molecule has 0 spiro atoms. The number of hydrogen-bond acceptors (Lipinski definition) is 5. The van der Waals surface area contributed by atoms with E-state index in [2.05, 4.69) is 4.72 Å². The highest BCUT2D eigenvalue weighted by Gasteiger charge is 2.23. The third-order valence-corrected chi connectivity index (χ3v) is 3.77. The fourth-order valence-corrected chi connectivity index (χ4v) is 2.63. The van der Waals surface area contributed by atoms with E-state index in [9.17, 15) is 22.9 Å². The van der Waals surface area contributed by atoms with Crippen LogP contribution in [-0.2, 0) is 10.0 Å². The molecule has 1 rings (SSSR count). The molecular weight excluding hydrogens is 265 g/mol. The lowest BCUT2D eigenvalue weighted by atomic mass is 10.2. The molecular formula is C9H12FN3O4S. The molecule has 100 valence electrons. The molecule has 1 aromatic rings. The van der Waals surface area contributed by atoms with Crippen molar-refractivity contribution < 1.29 is 17.7 Å². The Balaban J connectivity index is 3.33. The second kappa shape index (κ2) is 5.38. The first kappa shape index (κ1) is 14.5. The SMILES string of the molecule is Cc1cc(F)c([N+](=O)[O-])cc1S(=O)(=O)NCCN. The molecule has 0 aliphatic rings. The van der Waals surface area contributed by atoms with Crippen LogP contribution in [0.3, 0.4) is 0 Å². The number of halogens is 1. The Morgan fingerprint density at radius 2 is 2.11 bits per heavy atom. The van der Waals surface area contributed by atoms with Gasteiger partial charge in [-0.15, -0.1) is 0 Å². The molecule has 1 aromatic carbocycles. The molecule has 0 aliphatic carbocycles. The van der Waals surface area contributed by atoms with Crippen LogP contribution in [0.4, 0.5) is 10.1 Å². The molecule has 0 atom stereocenters. The highest BCUT2D eigenvalue weighted by atomic mass is 32.2. The minimum absolute atomic E-state index is 0.00700. The first-order valence-corrected chi connectivity index (χ1v) is 6.42. The van der Waals surface area contributed by atoms with Crippen molar-refractivity contribution in [2.45, 2.75) is 11.8 Å². The minimum atomic E-state index is -3.93. The number of nitrogens with one attached hydrogen (secondary N) is 1. The van der Waals surface area contributed by atoms with Gasteiger partial charge in [-0.3, -0.25) is 10.1 Å².